The van der Waals surface area contributed by atoms with E-state index in [4.69, 9.17) is 19.4 Å². The number of aromatic nitrogens is 3. The zero-order chi connectivity index (χ0) is 38.9. The summed E-state index contributed by atoms with van der Waals surface area (Å²) >= 11 is 0. The van der Waals surface area contributed by atoms with Crippen LogP contribution in [0.4, 0.5) is 0 Å². The number of fused-ring (bicyclic) bond motifs is 8. The molecule has 0 atom stereocenters. The second kappa shape index (κ2) is 13.3. The molecule has 0 bridgehead atoms. The molecule has 2 heterocycles. The minimum absolute atomic E-state index is 0.626. The van der Waals surface area contributed by atoms with Crippen LogP contribution in [0.15, 0.2) is 205 Å². The van der Waals surface area contributed by atoms with Crippen molar-refractivity contribution in [2.75, 3.05) is 0 Å². The Balaban J connectivity index is 1.11. The minimum atomic E-state index is 0.626. The Labute approximate surface area is 339 Å². The molecule has 0 aliphatic rings. The number of hydrogen-bond donors (Lipinski definition) is 0. The first-order chi connectivity index (χ1) is 29.2. The van der Waals surface area contributed by atoms with Crippen LogP contribution in [0.3, 0.4) is 0 Å². The summed E-state index contributed by atoms with van der Waals surface area (Å²) in [5, 5.41) is 11.2. The van der Waals surface area contributed by atoms with Gasteiger partial charge in [0.2, 0.25) is 0 Å². The molecule has 2 aromatic heterocycles. The molecule has 0 aliphatic carbocycles. The van der Waals surface area contributed by atoms with Gasteiger partial charge in [-0.05, 0) is 90.3 Å². The molecule has 0 amide bonds. The van der Waals surface area contributed by atoms with E-state index < -0.39 is 0 Å². The molecule has 4 nitrogen and oxygen atoms in total. The molecule has 0 aliphatic heterocycles. The number of hydrogen-bond acceptors (Lipinski definition) is 4. The Morgan fingerprint density at radius 1 is 0.288 bits per heavy atom. The van der Waals surface area contributed by atoms with Crippen LogP contribution in [-0.2, 0) is 0 Å². The number of para-hydroxylation sites is 1. The van der Waals surface area contributed by atoms with Crippen LogP contribution < -0.4 is 0 Å². The molecular weight excluding hydrogens is 719 g/mol. The highest BCUT2D eigenvalue weighted by molar-refractivity contribution is 6.24. The van der Waals surface area contributed by atoms with E-state index in [1.807, 2.05) is 6.07 Å². The second-order valence-corrected chi connectivity index (χ2v) is 15.1. The van der Waals surface area contributed by atoms with Gasteiger partial charge in [0.25, 0.3) is 0 Å². The number of rotatable bonds is 5. The Morgan fingerprint density at radius 3 is 1.53 bits per heavy atom. The highest BCUT2D eigenvalue weighted by atomic mass is 16.3. The lowest BCUT2D eigenvalue weighted by molar-refractivity contribution is 0.673. The molecule has 12 aromatic rings. The molecule has 4 heteroatoms. The maximum absolute atomic E-state index is 6.70. The van der Waals surface area contributed by atoms with E-state index in [9.17, 15) is 0 Å². The number of furan rings is 1. The molecule has 12 rings (SSSR count). The molecule has 0 fully saturated rings. The van der Waals surface area contributed by atoms with Crippen molar-refractivity contribution in [2.24, 2.45) is 0 Å². The van der Waals surface area contributed by atoms with Gasteiger partial charge in [0, 0.05) is 32.8 Å². The van der Waals surface area contributed by atoms with Crippen LogP contribution in [0.1, 0.15) is 0 Å². The van der Waals surface area contributed by atoms with Gasteiger partial charge < -0.3 is 4.42 Å². The number of benzene rings is 10. The Kier molecular flexibility index (Phi) is 7.50. The first-order valence-corrected chi connectivity index (χ1v) is 19.9. The van der Waals surface area contributed by atoms with Crippen LogP contribution >= 0.6 is 0 Å². The molecule has 10 aromatic carbocycles. The third kappa shape index (κ3) is 5.49. The first kappa shape index (κ1) is 33.2. The molecule has 0 N–H and O–H groups in total. The first-order valence-electron chi connectivity index (χ1n) is 19.9. The largest absolute Gasteiger partial charge is 0.455 e. The smallest absolute Gasteiger partial charge is 0.164 e. The number of nitrogens with zero attached hydrogens (tertiary/aromatic N) is 3. The fraction of sp³-hybridized carbons (Fsp3) is 0. The van der Waals surface area contributed by atoms with Crippen LogP contribution in [0.2, 0.25) is 0 Å². The minimum Gasteiger partial charge on any atom is -0.455 e. The van der Waals surface area contributed by atoms with Gasteiger partial charge in [-0.2, -0.15) is 0 Å². The summed E-state index contributed by atoms with van der Waals surface area (Å²) in [6.45, 7) is 0. The van der Waals surface area contributed by atoms with Crippen molar-refractivity contribution >= 4 is 65.0 Å². The lowest BCUT2D eigenvalue weighted by atomic mass is 9.88. The second-order valence-electron chi connectivity index (χ2n) is 15.1. The van der Waals surface area contributed by atoms with Crippen molar-refractivity contribution in [1.29, 1.82) is 0 Å². The molecule has 59 heavy (non-hydrogen) atoms. The van der Waals surface area contributed by atoms with Crippen LogP contribution in [-0.4, -0.2) is 15.0 Å². The van der Waals surface area contributed by atoms with E-state index in [0.717, 1.165) is 93.2 Å². The molecule has 0 saturated heterocycles. The molecule has 0 spiro atoms. The van der Waals surface area contributed by atoms with Crippen LogP contribution in [0, 0.1) is 0 Å². The SMILES string of the molecule is c1ccc(-c2cccc3c(-c4ccc(-c5nc(-c6ccc7ccccc7c6)nc(-c6ccc7ccccc7c6)n5)c5ccccc45)cc4c5ccccc5oc4c23)cc1. The predicted octanol–water partition coefficient (Wildman–Crippen LogP) is 14.7. The van der Waals surface area contributed by atoms with Crippen molar-refractivity contribution < 1.29 is 4.42 Å². The average molecular weight is 752 g/mol. The quantitative estimate of drug-likeness (QED) is 0.176. The van der Waals surface area contributed by atoms with Gasteiger partial charge in [0.15, 0.2) is 17.5 Å². The molecule has 0 saturated carbocycles. The van der Waals surface area contributed by atoms with Crippen molar-refractivity contribution in [3.05, 3.63) is 200 Å². The molecule has 0 radical (unpaired) electrons. The fourth-order valence-electron chi connectivity index (χ4n) is 8.86. The lowest BCUT2D eigenvalue weighted by Gasteiger charge is -2.16. The lowest BCUT2D eigenvalue weighted by Crippen LogP contribution is -2.01. The summed E-state index contributed by atoms with van der Waals surface area (Å²) in [6.07, 6.45) is 0. The Morgan fingerprint density at radius 2 is 0.831 bits per heavy atom. The van der Waals surface area contributed by atoms with E-state index in [1.54, 1.807) is 0 Å². The van der Waals surface area contributed by atoms with E-state index in [1.165, 1.54) is 10.8 Å². The Bertz CT molecular complexity index is 3530. The third-order valence-corrected chi connectivity index (χ3v) is 11.7. The maximum Gasteiger partial charge on any atom is 0.164 e. The monoisotopic (exact) mass is 751 g/mol. The van der Waals surface area contributed by atoms with Crippen LogP contribution in [0.25, 0.3) is 121 Å². The summed E-state index contributed by atoms with van der Waals surface area (Å²) in [5.41, 5.74) is 9.17. The summed E-state index contributed by atoms with van der Waals surface area (Å²) in [5.74, 6) is 1.89. The zero-order valence-corrected chi connectivity index (χ0v) is 31.8. The van der Waals surface area contributed by atoms with E-state index in [2.05, 4.69) is 194 Å². The van der Waals surface area contributed by atoms with Crippen molar-refractivity contribution in [1.82, 2.24) is 15.0 Å². The summed E-state index contributed by atoms with van der Waals surface area (Å²) < 4.78 is 6.70. The Hall–Kier alpha value is -7.95. The highest BCUT2D eigenvalue weighted by Gasteiger charge is 2.21. The standard InChI is InChI=1S/C55H33N3O/c1-2-15-36(16-3-1)41-22-12-23-46-48(33-49-45-21-10-11-24-50(45)59-52(49)51(41)46)44-29-30-47(43-20-9-8-19-42(43)44)55-57-53(39-27-25-34-13-4-6-17-37(34)31-39)56-54(58-55)40-28-26-35-14-5-7-18-38(35)32-40/h1-33H. The molecular formula is C55H33N3O. The van der Waals surface area contributed by atoms with Crippen molar-refractivity contribution in [3.8, 4) is 56.4 Å². The van der Waals surface area contributed by atoms with E-state index >= 15 is 0 Å². The summed E-state index contributed by atoms with van der Waals surface area (Å²) in [4.78, 5) is 15.6. The van der Waals surface area contributed by atoms with Gasteiger partial charge in [0.1, 0.15) is 11.2 Å². The van der Waals surface area contributed by atoms with Gasteiger partial charge in [-0.15, -0.1) is 0 Å². The predicted molar refractivity (Wildman–Crippen MR) is 244 cm³/mol. The summed E-state index contributed by atoms with van der Waals surface area (Å²) in [7, 11) is 0. The maximum atomic E-state index is 6.70. The van der Waals surface area contributed by atoms with E-state index in [-0.39, 0.29) is 0 Å². The van der Waals surface area contributed by atoms with Crippen molar-refractivity contribution in [3.63, 3.8) is 0 Å². The van der Waals surface area contributed by atoms with Crippen molar-refractivity contribution in [2.45, 2.75) is 0 Å². The summed E-state index contributed by atoms with van der Waals surface area (Å²) in [6, 6.07) is 70.5. The highest BCUT2D eigenvalue weighted by Crippen LogP contribution is 2.46. The van der Waals surface area contributed by atoms with Gasteiger partial charge in [-0.25, -0.2) is 15.0 Å². The topological polar surface area (TPSA) is 51.8 Å². The van der Waals surface area contributed by atoms with Gasteiger partial charge in [-0.1, -0.05) is 170 Å². The van der Waals surface area contributed by atoms with Gasteiger partial charge in [0.05, 0.1) is 0 Å². The zero-order valence-electron chi connectivity index (χ0n) is 31.8. The van der Waals surface area contributed by atoms with E-state index in [0.29, 0.717) is 17.5 Å². The van der Waals surface area contributed by atoms with Gasteiger partial charge >= 0.3 is 0 Å². The van der Waals surface area contributed by atoms with Gasteiger partial charge in [-0.3, -0.25) is 0 Å². The normalized spacial score (nSPS) is 11.7. The molecule has 0 unspecified atom stereocenters. The third-order valence-electron chi connectivity index (χ3n) is 11.7. The van der Waals surface area contributed by atoms with Crippen LogP contribution in [0.5, 0.6) is 0 Å². The fourth-order valence-corrected chi connectivity index (χ4v) is 8.86. The average Bonchev–Trinajstić information content (AvgIpc) is 3.69. The molecule has 274 valence electrons.